The van der Waals surface area contributed by atoms with Gasteiger partial charge in [0, 0.05) is 26.6 Å². The predicted octanol–water partition coefficient (Wildman–Crippen LogP) is 0.442. The molecule has 1 saturated heterocycles. The molecule has 104 valence electrons. The molecule has 1 aliphatic rings. The van der Waals surface area contributed by atoms with Crippen molar-refractivity contribution in [2.45, 2.75) is 32.6 Å². The minimum absolute atomic E-state index is 0.0137. The number of rotatable bonds is 6. The topological polar surface area (TPSA) is 66.6 Å². The number of carbonyl (C=O) groups excluding carboxylic acids is 2. The van der Waals surface area contributed by atoms with Crippen LogP contribution in [-0.2, 0) is 9.59 Å². The number of likely N-dealkylation sites (N-methyl/N-ethyl adjacent to an activating group) is 1. The zero-order valence-electron chi connectivity index (χ0n) is 11.5. The number of hydrogen-bond acceptors (Lipinski definition) is 3. The van der Waals surface area contributed by atoms with Gasteiger partial charge in [0.15, 0.2) is 0 Å². The van der Waals surface area contributed by atoms with Crippen LogP contribution in [-0.4, -0.2) is 54.8 Å². The molecular weight excluding hydrogens is 230 g/mol. The van der Waals surface area contributed by atoms with Crippen LogP contribution in [0.1, 0.15) is 32.6 Å². The molecule has 1 unspecified atom stereocenters. The van der Waals surface area contributed by atoms with Gasteiger partial charge >= 0.3 is 0 Å². The van der Waals surface area contributed by atoms with Gasteiger partial charge in [-0.3, -0.25) is 9.59 Å². The van der Waals surface area contributed by atoms with E-state index in [0.29, 0.717) is 13.0 Å². The van der Waals surface area contributed by atoms with Crippen molar-refractivity contribution in [2.75, 3.05) is 33.2 Å². The molecule has 0 radical (unpaired) electrons. The van der Waals surface area contributed by atoms with Gasteiger partial charge in [-0.05, 0) is 25.3 Å². The van der Waals surface area contributed by atoms with Crippen molar-refractivity contribution in [1.82, 2.24) is 9.80 Å². The van der Waals surface area contributed by atoms with E-state index in [2.05, 4.69) is 0 Å². The van der Waals surface area contributed by atoms with Crippen LogP contribution in [0.5, 0.6) is 0 Å². The fraction of sp³-hybridized carbons (Fsp3) is 0.846. The van der Waals surface area contributed by atoms with Gasteiger partial charge in [0.2, 0.25) is 11.8 Å². The van der Waals surface area contributed by atoms with E-state index in [9.17, 15) is 9.59 Å². The zero-order chi connectivity index (χ0) is 13.5. The smallest absolute Gasteiger partial charge is 0.242 e. The van der Waals surface area contributed by atoms with Crippen LogP contribution in [0.25, 0.3) is 0 Å². The van der Waals surface area contributed by atoms with E-state index < -0.39 is 0 Å². The Morgan fingerprint density at radius 3 is 2.44 bits per heavy atom. The highest BCUT2D eigenvalue weighted by Gasteiger charge is 2.22. The molecule has 0 aromatic carbocycles. The Morgan fingerprint density at radius 2 is 1.94 bits per heavy atom. The molecule has 1 fully saturated rings. The molecule has 0 aromatic rings. The molecule has 1 rings (SSSR count). The van der Waals surface area contributed by atoms with Crippen molar-refractivity contribution in [3.63, 3.8) is 0 Å². The summed E-state index contributed by atoms with van der Waals surface area (Å²) in [7, 11) is 1.69. The molecule has 0 bridgehead atoms. The summed E-state index contributed by atoms with van der Waals surface area (Å²) in [5.74, 6) is 0.297. The standard InChI is InChI=1S/C13H25N3O2/c1-3-11(9-14)8-12(17)15(2)10-13(18)16-6-4-5-7-16/h11H,3-10,14H2,1-2H3. The molecule has 1 heterocycles. The summed E-state index contributed by atoms with van der Waals surface area (Å²) in [5.41, 5.74) is 5.59. The minimum atomic E-state index is 0.0137. The first-order valence-electron chi connectivity index (χ1n) is 6.80. The van der Waals surface area contributed by atoms with Gasteiger partial charge in [0.05, 0.1) is 6.54 Å². The first-order chi connectivity index (χ1) is 8.58. The zero-order valence-corrected chi connectivity index (χ0v) is 11.5. The van der Waals surface area contributed by atoms with E-state index in [-0.39, 0.29) is 24.3 Å². The van der Waals surface area contributed by atoms with E-state index in [1.165, 1.54) is 4.90 Å². The second-order valence-electron chi connectivity index (χ2n) is 5.05. The van der Waals surface area contributed by atoms with E-state index in [1.807, 2.05) is 11.8 Å². The molecule has 18 heavy (non-hydrogen) atoms. The van der Waals surface area contributed by atoms with Crippen molar-refractivity contribution in [3.05, 3.63) is 0 Å². The molecular formula is C13H25N3O2. The van der Waals surface area contributed by atoms with Gasteiger partial charge in [-0.25, -0.2) is 0 Å². The number of nitrogens with two attached hydrogens (primary N) is 1. The molecule has 0 aromatic heterocycles. The molecule has 1 aliphatic heterocycles. The summed E-state index contributed by atoms with van der Waals surface area (Å²) < 4.78 is 0. The second kappa shape index (κ2) is 7.36. The lowest BCUT2D eigenvalue weighted by molar-refractivity contribution is -0.139. The molecule has 1 atom stereocenters. The summed E-state index contributed by atoms with van der Waals surface area (Å²) in [6.07, 6.45) is 3.50. The van der Waals surface area contributed by atoms with E-state index >= 15 is 0 Å². The van der Waals surface area contributed by atoms with Crippen LogP contribution in [0.2, 0.25) is 0 Å². The maximum Gasteiger partial charge on any atom is 0.242 e. The lowest BCUT2D eigenvalue weighted by atomic mass is 10.0. The molecule has 5 heteroatoms. The van der Waals surface area contributed by atoms with E-state index in [0.717, 1.165) is 32.4 Å². The molecule has 0 aliphatic carbocycles. The van der Waals surface area contributed by atoms with Crippen LogP contribution in [0.3, 0.4) is 0 Å². The van der Waals surface area contributed by atoms with Gasteiger partial charge in [-0.1, -0.05) is 13.3 Å². The number of nitrogens with zero attached hydrogens (tertiary/aromatic N) is 2. The normalized spacial score (nSPS) is 16.7. The summed E-state index contributed by atoms with van der Waals surface area (Å²) >= 11 is 0. The molecule has 0 spiro atoms. The van der Waals surface area contributed by atoms with Crippen molar-refractivity contribution in [1.29, 1.82) is 0 Å². The van der Waals surface area contributed by atoms with Gasteiger partial charge in [0.1, 0.15) is 0 Å². The van der Waals surface area contributed by atoms with Crippen molar-refractivity contribution >= 4 is 11.8 Å². The van der Waals surface area contributed by atoms with Crippen molar-refractivity contribution < 1.29 is 9.59 Å². The average molecular weight is 255 g/mol. The number of hydrogen-bond donors (Lipinski definition) is 1. The van der Waals surface area contributed by atoms with Gasteiger partial charge in [-0.2, -0.15) is 0 Å². The third-order valence-electron chi connectivity index (χ3n) is 3.63. The van der Waals surface area contributed by atoms with Crippen LogP contribution in [0, 0.1) is 5.92 Å². The molecule has 0 saturated carbocycles. The fourth-order valence-corrected chi connectivity index (χ4v) is 2.15. The summed E-state index contributed by atoms with van der Waals surface area (Å²) in [4.78, 5) is 27.2. The molecule has 2 N–H and O–H groups in total. The van der Waals surface area contributed by atoms with Gasteiger partial charge in [0.25, 0.3) is 0 Å². The lowest BCUT2D eigenvalue weighted by Gasteiger charge is -2.22. The Bertz CT molecular complexity index is 284. The Hall–Kier alpha value is -1.10. The van der Waals surface area contributed by atoms with E-state index in [4.69, 9.17) is 5.73 Å². The summed E-state index contributed by atoms with van der Waals surface area (Å²) in [5, 5.41) is 0. The van der Waals surface area contributed by atoms with E-state index in [1.54, 1.807) is 7.05 Å². The van der Waals surface area contributed by atoms with Gasteiger partial charge < -0.3 is 15.5 Å². The molecule has 5 nitrogen and oxygen atoms in total. The largest absolute Gasteiger partial charge is 0.341 e. The highest BCUT2D eigenvalue weighted by Crippen LogP contribution is 2.10. The van der Waals surface area contributed by atoms with Crippen LogP contribution in [0.15, 0.2) is 0 Å². The summed E-state index contributed by atoms with van der Waals surface area (Å²) in [6.45, 7) is 4.42. The first-order valence-corrected chi connectivity index (χ1v) is 6.80. The monoisotopic (exact) mass is 255 g/mol. The Kier molecular flexibility index (Phi) is 6.12. The van der Waals surface area contributed by atoms with Crippen LogP contribution >= 0.6 is 0 Å². The Morgan fingerprint density at radius 1 is 1.33 bits per heavy atom. The van der Waals surface area contributed by atoms with Gasteiger partial charge in [-0.15, -0.1) is 0 Å². The van der Waals surface area contributed by atoms with Crippen LogP contribution in [0.4, 0.5) is 0 Å². The quantitative estimate of drug-likeness (QED) is 0.749. The lowest BCUT2D eigenvalue weighted by Crippen LogP contribution is -2.40. The number of carbonyl (C=O) groups is 2. The minimum Gasteiger partial charge on any atom is -0.341 e. The SMILES string of the molecule is CCC(CN)CC(=O)N(C)CC(=O)N1CCCC1. The maximum atomic E-state index is 11.9. The maximum absolute atomic E-state index is 11.9. The summed E-state index contributed by atoms with van der Waals surface area (Å²) in [6, 6.07) is 0. The Balaban J connectivity index is 2.36. The number of amides is 2. The highest BCUT2D eigenvalue weighted by molar-refractivity contribution is 5.84. The third-order valence-corrected chi connectivity index (χ3v) is 3.63. The number of likely N-dealkylation sites (tertiary alicyclic amines) is 1. The third kappa shape index (κ3) is 4.29. The second-order valence-corrected chi connectivity index (χ2v) is 5.05. The average Bonchev–Trinajstić information content (AvgIpc) is 2.89. The molecule has 2 amide bonds. The van der Waals surface area contributed by atoms with Crippen LogP contribution < -0.4 is 5.73 Å². The first kappa shape index (κ1) is 15.0. The van der Waals surface area contributed by atoms with Crippen molar-refractivity contribution in [2.24, 2.45) is 11.7 Å². The van der Waals surface area contributed by atoms with Crippen molar-refractivity contribution in [3.8, 4) is 0 Å². The highest BCUT2D eigenvalue weighted by atomic mass is 16.2. The predicted molar refractivity (Wildman–Crippen MR) is 70.9 cm³/mol. The fourth-order valence-electron chi connectivity index (χ4n) is 2.15. The Labute approximate surface area is 109 Å².